The molecule has 0 aliphatic carbocycles. The number of rotatable bonds is 6. The Kier molecular flexibility index (Phi) is 6.30. The average molecular weight is 169 g/mol. The fourth-order valence-corrected chi connectivity index (χ4v) is 0.445. The number of hydrogen-bond acceptors (Lipinski definition) is 3. The Balaban J connectivity index is 3.13. The second kappa shape index (κ2) is 6.45. The molecule has 0 aromatic rings. The van der Waals surface area contributed by atoms with Crippen molar-refractivity contribution in [3.63, 3.8) is 0 Å². The largest absolute Gasteiger partial charge is 0.393 e. The van der Waals surface area contributed by atoms with Crippen molar-refractivity contribution in [1.82, 2.24) is 0 Å². The van der Waals surface area contributed by atoms with Gasteiger partial charge in [-0.1, -0.05) is 0 Å². The SMILES string of the molecule is NCC(F)COCC(F)CO. The zero-order valence-corrected chi connectivity index (χ0v) is 6.17. The van der Waals surface area contributed by atoms with Gasteiger partial charge in [-0.3, -0.25) is 0 Å². The fraction of sp³-hybridized carbons (Fsp3) is 1.00. The van der Waals surface area contributed by atoms with E-state index in [9.17, 15) is 8.78 Å². The molecule has 0 rings (SSSR count). The Bertz CT molecular complexity index is 84.7. The van der Waals surface area contributed by atoms with E-state index >= 15 is 0 Å². The third-order valence-electron chi connectivity index (χ3n) is 1.05. The van der Waals surface area contributed by atoms with E-state index in [-0.39, 0.29) is 19.8 Å². The van der Waals surface area contributed by atoms with E-state index in [1.165, 1.54) is 0 Å². The smallest absolute Gasteiger partial charge is 0.146 e. The molecule has 0 spiro atoms. The van der Waals surface area contributed by atoms with Crippen molar-refractivity contribution in [3.8, 4) is 0 Å². The molecule has 0 aliphatic heterocycles. The van der Waals surface area contributed by atoms with Gasteiger partial charge in [0.1, 0.15) is 12.3 Å². The monoisotopic (exact) mass is 169 g/mol. The molecule has 0 aromatic heterocycles. The van der Waals surface area contributed by atoms with Crippen LogP contribution in [0.15, 0.2) is 0 Å². The summed E-state index contributed by atoms with van der Waals surface area (Å²) in [5.41, 5.74) is 4.92. The van der Waals surface area contributed by atoms with Gasteiger partial charge in [-0.15, -0.1) is 0 Å². The van der Waals surface area contributed by atoms with E-state index in [0.29, 0.717) is 0 Å². The van der Waals surface area contributed by atoms with Gasteiger partial charge in [0, 0.05) is 6.54 Å². The second-order valence-corrected chi connectivity index (χ2v) is 2.15. The molecular weight excluding hydrogens is 156 g/mol. The van der Waals surface area contributed by atoms with Gasteiger partial charge < -0.3 is 15.6 Å². The lowest BCUT2D eigenvalue weighted by Crippen LogP contribution is -2.24. The molecule has 0 radical (unpaired) electrons. The van der Waals surface area contributed by atoms with Crippen molar-refractivity contribution < 1.29 is 18.6 Å². The maximum Gasteiger partial charge on any atom is 0.146 e. The first-order chi connectivity index (χ1) is 5.20. The van der Waals surface area contributed by atoms with Crippen LogP contribution in [0.1, 0.15) is 0 Å². The molecule has 68 valence electrons. The summed E-state index contributed by atoms with van der Waals surface area (Å²) in [5.74, 6) is 0. The van der Waals surface area contributed by atoms with E-state index in [2.05, 4.69) is 4.74 Å². The van der Waals surface area contributed by atoms with Crippen molar-refractivity contribution in [3.05, 3.63) is 0 Å². The van der Waals surface area contributed by atoms with Crippen LogP contribution in [-0.2, 0) is 4.74 Å². The normalized spacial score (nSPS) is 16.4. The van der Waals surface area contributed by atoms with Crippen LogP contribution in [-0.4, -0.2) is 43.8 Å². The molecule has 0 aromatic carbocycles. The molecule has 0 fully saturated rings. The summed E-state index contributed by atoms with van der Waals surface area (Å²) >= 11 is 0. The first-order valence-corrected chi connectivity index (χ1v) is 3.37. The highest BCUT2D eigenvalue weighted by molar-refractivity contribution is 4.55. The van der Waals surface area contributed by atoms with Crippen LogP contribution >= 0.6 is 0 Å². The van der Waals surface area contributed by atoms with Crippen LogP contribution in [0.25, 0.3) is 0 Å². The molecule has 2 unspecified atom stereocenters. The molecule has 0 saturated carbocycles. The summed E-state index contributed by atoms with van der Waals surface area (Å²) in [6, 6.07) is 0. The topological polar surface area (TPSA) is 55.5 Å². The molecule has 2 atom stereocenters. The molecule has 0 saturated heterocycles. The highest BCUT2D eigenvalue weighted by Gasteiger charge is 2.07. The standard InChI is InChI=1S/C6H13F2NO2/c7-5(1-9)3-11-4-6(8)2-10/h5-6,10H,1-4,9H2. The lowest BCUT2D eigenvalue weighted by atomic mass is 10.4. The molecule has 0 aliphatic rings. The quantitative estimate of drug-likeness (QED) is 0.570. The van der Waals surface area contributed by atoms with Crippen LogP contribution in [0, 0.1) is 0 Å². The second-order valence-electron chi connectivity index (χ2n) is 2.15. The van der Waals surface area contributed by atoms with Gasteiger partial charge >= 0.3 is 0 Å². The first kappa shape index (κ1) is 10.7. The maximum absolute atomic E-state index is 12.3. The van der Waals surface area contributed by atoms with Gasteiger partial charge in [-0.25, -0.2) is 8.78 Å². The number of alkyl halides is 2. The zero-order chi connectivity index (χ0) is 8.69. The molecule has 0 amide bonds. The molecule has 0 bridgehead atoms. The van der Waals surface area contributed by atoms with E-state index in [0.717, 1.165) is 0 Å². The molecule has 3 N–H and O–H groups in total. The lowest BCUT2D eigenvalue weighted by Gasteiger charge is -2.07. The van der Waals surface area contributed by atoms with Crippen molar-refractivity contribution in [2.75, 3.05) is 26.4 Å². The minimum atomic E-state index is -1.43. The summed E-state index contributed by atoms with van der Waals surface area (Å²) in [4.78, 5) is 0. The van der Waals surface area contributed by atoms with Gasteiger partial charge in [-0.2, -0.15) is 0 Å². The molecule has 5 heteroatoms. The maximum atomic E-state index is 12.3. The van der Waals surface area contributed by atoms with Gasteiger partial charge in [0.2, 0.25) is 0 Å². The van der Waals surface area contributed by atoms with Crippen molar-refractivity contribution in [2.45, 2.75) is 12.3 Å². The number of aliphatic hydroxyl groups is 1. The summed E-state index contributed by atoms with van der Waals surface area (Å²) in [6.07, 6.45) is -2.68. The zero-order valence-electron chi connectivity index (χ0n) is 6.17. The van der Waals surface area contributed by atoms with E-state index in [1.54, 1.807) is 0 Å². The van der Waals surface area contributed by atoms with Crippen LogP contribution < -0.4 is 5.73 Å². The number of hydrogen-bond donors (Lipinski definition) is 2. The molecule has 0 heterocycles. The third-order valence-corrected chi connectivity index (χ3v) is 1.05. The molecule has 11 heavy (non-hydrogen) atoms. The predicted molar refractivity (Wildman–Crippen MR) is 36.8 cm³/mol. The number of nitrogens with two attached hydrogens (primary N) is 1. The van der Waals surface area contributed by atoms with E-state index < -0.39 is 19.0 Å². The fourth-order valence-electron chi connectivity index (χ4n) is 0.445. The molecule has 3 nitrogen and oxygen atoms in total. The summed E-state index contributed by atoms with van der Waals surface area (Å²) in [5, 5.41) is 8.18. The Morgan fingerprint density at radius 3 is 2.27 bits per heavy atom. The highest BCUT2D eigenvalue weighted by atomic mass is 19.1. The van der Waals surface area contributed by atoms with Gasteiger partial charge in [0.15, 0.2) is 0 Å². The van der Waals surface area contributed by atoms with Gasteiger partial charge in [0.05, 0.1) is 19.8 Å². The summed E-state index contributed by atoms with van der Waals surface area (Å²) in [6.45, 7) is -1.22. The minimum absolute atomic E-state index is 0.129. The highest BCUT2D eigenvalue weighted by Crippen LogP contribution is 1.93. The van der Waals surface area contributed by atoms with Crippen LogP contribution in [0.4, 0.5) is 8.78 Å². The number of halogens is 2. The Hall–Kier alpha value is -0.260. The Labute approximate surface area is 64.1 Å². The van der Waals surface area contributed by atoms with E-state index in [4.69, 9.17) is 10.8 Å². The Morgan fingerprint density at radius 2 is 1.82 bits per heavy atom. The average Bonchev–Trinajstić information content (AvgIpc) is 2.04. The van der Waals surface area contributed by atoms with E-state index in [1.807, 2.05) is 0 Å². The van der Waals surface area contributed by atoms with Crippen molar-refractivity contribution in [1.29, 1.82) is 0 Å². The summed E-state index contributed by atoms with van der Waals surface area (Å²) in [7, 11) is 0. The first-order valence-electron chi connectivity index (χ1n) is 3.37. The van der Waals surface area contributed by atoms with Gasteiger partial charge in [-0.05, 0) is 0 Å². The van der Waals surface area contributed by atoms with Crippen LogP contribution in [0.5, 0.6) is 0 Å². The van der Waals surface area contributed by atoms with Crippen LogP contribution in [0.3, 0.4) is 0 Å². The van der Waals surface area contributed by atoms with Crippen molar-refractivity contribution in [2.24, 2.45) is 5.73 Å². The Morgan fingerprint density at radius 1 is 1.27 bits per heavy atom. The van der Waals surface area contributed by atoms with Gasteiger partial charge in [0.25, 0.3) is 0 Å². The van der Waals surface area contributed by atoms with Crippen molar-refractivity contribution >= 4 is 0 Å². The predicted octanol–water partition coefficient (Wildman–Crippen LogP) is -0.370. The lowest BCUT2D eigenvalue weighted by molar-refractivity contribution is 0.0286. The number of aliphatic hydroxyl groups excluding tert-OH is 1. The molecular formula is C6H13F2NO2. The van der Waals surface area contributed by atoms with Crippen LogP contribution in [0.2, 0.25) is 0 Å². The number of ether oxygens (including phenoxy) is 1. The minimum Gasteiger partial charge on any atom is -0.393 e. The third kappa shape index (κ3) is 6.15. The summed E-state index contributed by atoms with van der Waals surface area (Å²) < 4.78 is 29.0.